The topological polar surface area (TPSA) is 56.0 Å². The van der Waals surface area contributed by atoms with Gasteiger partial charge in [0.05, 0.1) is 0 Å². The Kier molecular flexibility index (Phi) is 3.16. The largest absolute Gasteiger partial charge is 0.377 e. The highest BCUT2D eigenvalue weighted by Crippen LogP contribution is 2.23. The van der Waals surface area contributed by atoms with Crippen LogP contribution in [0.2, 0.25) is 0 Å². The van der Waals surface area contributed by atoms with Crippen LogP contribution in [0.3, 0.4) is 0 Å². The van der Waals surface area contributed by atoms with Crippen molar-refractivity contribution in [3.63, 3.8) is 0 Å². The van der Waals surface area contributed by atoms with Crippen LogP contribution in [0.25, 0.3) is 0 Å². The molecule has 0 saturated heterocycles. The zero-order valence-electron chi connectivity index (χ0n) is 5.83. The molecule has 0 unspecified atom stereocenters. The molecule has 0 aliphatic carbocycles. The molecule has 0 amide bonds. The lowest BCUT2D eigenvalue weighted by molar-refractivity contribution is -0.390. The van der Waals surface area contributed by atoms with Gasteiger partial charge in [-0.1, -0.05) is 15.9 Å². The molecule has 0 bridgehead atoms. The SMILES string of the molecule is O=[N+]([O-])c1ncc(CBr)cc1Br. The first-order chi connectivity index (χ1) is 5.65. The fourth-order valence-corrected chi connectivity index (χ4v) is 1.53. The van der Waals surface area contributed by atoms with Gasteiger partial charge in [-0.25, -0.2) is 0 Å². The van der Waals surface area contributed by atoms with Gasteiger partial charge in [-0.3, -0.25) is 0 Å². The Bertz CT molecular complexity index is 316. The number of aromatic nitrogens is 1. The van der Waals surface area contributed by atoms with Gasteiger partial charge in [-0.15, -0.1) is 0 Å². The van der Waals surface area contributed by atoms with Crippen molar-refractivity contribution in [2.45, 2.75) is 5.33 Å². The normalized spacial score (nSPS) is 9.83. The minimum absolute atomic E-state index is 0.153. The molecule has 1 aromatic heterocycles. The van der Waals surface area contributed by atoms with E-state index < -0.39 is 4.92 Å². The molecule has 0 saturated carbocycles. The Morgan fingerprint density at radius 1 is 1.67 bits per heavy atom. The van der Waals surface area contributed by atoms with Gasteiger partial charge in [-0.05, 0) is 31.9 Å². The molecule has 6 heteroatoms. The first kappa shape index (κ1) is 9.60. The third-order valence-corrected chi connectivity index (χ3v) is 2.44. The van der Waals surface area contributed by atoms with Crippen molar-refractivity contribution >= 4 is 37.7 Å². The lowest BCUT2D eigenvalue weighted by Gasteiger charge is -1.95. The number of halogens is 2. The molecule has 0 fully saturated rings. The summed E-state index contributed by atoms with van der Waals surface area (Å²) in [7, 11) is 0. The van der Waals surface area contributed by atoms with E-state index in [1.807, 2.05) is 0 Å². The number of hydrogen-bond donors (Lipinski definition) is 0. The molecule has 0 radical (unpaired) electrons. The van der Waals surface area contributed by atoms with Crippen LogP contribution in [-0.2, 0) is 5.33 Å². The molecule has 0 aromatic carbocycles. The second-order valence-corrected chi connectivity index (χ2v) is 3.45. The van der Waals surface area contributed by atoms with Crippen LogP contribution in [0.5, 0.6) is 0 Å². The smallest absolute Gasteiger partial charge is 0.358 e. The molecule has 0 N–H and O–H groups in total. The quantitative estimate of drug-likeness (QED) is 0.479. The van der Waals surface area contributed by atoms with Gasteiger partial charge in [0.1, 0.15) is 10.7 Å². The average molecular weight is 296 g/mol. The van der Waals surface area contributed by atoms with Crippen molar-refractivity contribution in [1.29, 1.82) is 0 Å². The molecule has 0 atom stereocenters. The molecule has 64 valence electrons. The summed E-state index contributed by atoms with van der Waals surface area (Å²) in [4.78, 5) is 13.5. The van der Waals surface area contributed by atoms with Crippen LogP contribution in [0.4, 0.5) is 5.82 Å². The summed E-state index contributed by atoms with van der Waals surface area (Å²) in [6.07, 6.45) is 1.47. The number of rotatable bonds is 2. The maximum atomic E-state index is 10.3. The highest BCUT2D eigenvalue weighted by molar-refractivity contribution is 9.10. The van der Waals surface area contributed by atoms with Gasteiger partial charge >= 0.3 is 5.82 Å². The van der Waals surface area contributed by atoms with Crippen LogP contribution in [0, 0.1) is 10.1 Å². The van der Waals surface area contributed by atoms with Gasteiger partial charge in [0.15, 0.2) is 0 Å². The summed E-state index contributed by atoms with van der Waals surface area (Å²) < 4.78 is 0.407. The summed E-state index contributed by atoms with van der Waals surface area (Å²) >= 11 is 6.29. The molecule has 0 aliphatic rings. The van der Waals surface area contributed by atoms with Crippen molar-refractivity contribution in [3.8, 4) is 0 Å². The third-order valence-electron chi connectivity index (χ3n) is 1.21. The summed E-state index contributed by atoms with van der Waals surface area (Å²) in [5.74, 6) is -0.153. The molecular weight excluding hydrogens is 292 g/mol. The molecule has 1 aromatic rings. The number of nitrogens with zero attached hydrogens (tertiary/aromatic N) is 2. The summed E-state index contributed by atoms with van der Waals surface area (Å²) in [5, 5.41) is 11.0. The minimum Gasteiger partial charge on any atom is -0.358 e. The van der Waals surface area contributed by atoms with Crippen LogP contribution in [-0.4, -0.2) is 9.91 Å². The first-order valence-electron chi connectivity index (χ1n) is 3.00. The van der Waals surface area contributed by atoms with E-state index in [1.165, 1.54) is 6.20 Å². The molecular formula is C6H4Br2N2O2. The highest BCUT2D eigenvalue weighted by Gasteiger charge is 2.12. The maximum absolute atomic E-state index is 10.3. The van der Waals surface area contributed by atoms with Crippen LogP contribution in [0.15, 0.2) is 16.7 Å². The number of hydrogen-bond acceptors (Lipinski definition) is 3. The summed E-state index contributed by atoms with van der Waals surface area (Å²) in [5.41, 5.74) is 0.896. The van der Waals surface area contributed by atoms with E-state index in [4.69, 9.17) is 0 Å². The zero-order valence-corrected chi connectivity index (χ0v) is 9.00. The number of pyridine rings is 1. The lowest BCUT2D eigenvalue weighted by atomic mass is 10.3. The van der Waals surface area contributed by atoms with Gasteiger partial charge < -0.3 is 10.1 Å². The van der Waals surface area contributed by atoms with E-state index in [-0.39, 0.29) is 5.82 Å². The number of nitro groups is 1. The van der Waals surface area contributed by atoms with Gasteiger partial charge in [-0.2, -0.15) is 0 Å². The van der Waals surface area contributed by atoms with Crippen molar-refractivity contribution < 1.29 is 4.92 Å². The molecule has 1 heterocycles. The molecule has 1 rings (SSSR count). The second kappa shape index (κ2) is 3.95. The van der Waals surface area contributed by atoms with E-state index in [0.29, 0.717) is 9.80 Å². The van der Waals surface area contributed by atoms with Gasteiger partial charge in [0, 0.05) is 10.9 Å². The van der Waals surface area contributed by atoms with Gasteiger partial charge in [0.25, 0.3) is 0 Å². The maximum Gasteiger partial charge on any atom is 0.377 e. The monoisotopic (exact) mass is 294 g/mol. The predicted molar refractivity (Wildman–Crippen MR) is 51.2 cm³/mol. The van der Waals surface area contributed by atoms with Gasteiger partial charge in [0.2, 0.25) is 0 Å². The van der Waals surface area contributed by atoms with Crippen molar-refractivity contribution in [2.75, 3.05) is 0 Å². The Balaban J connectivity index is 3.12. The average Bonchev–Trinajstić information content (AvgIpc) is 2.03. The van der Waals surface area contributed by atoms with Crippen molar-refractivity contribution in [1.82, 2.24) is 4.98 Å². The minimum atomic E-state index is -0.526. The molecule has 4 nitrogen and oxygen atoms in total. The molecule has 0 aliphatic heterocycles. The lowest BCUT2D eigenvalue weighted by Crippen LogP contribution is -1.93. The summed E-state index contributed by atoms with van der Waals surface area (Å²) in [6.45, 7) is 0. The van der Waals surface area contributed by atoms with Crippen LogP contribution >= 0.6 is 31.9 Å². The van der Waals surface area contributed by atoms with E-state index in [0.717, 1.165) is 5.56 Å². The fourth-order valence-electron chi connectivity index (χ4n) is 0.678. The first-order valence-corrected chi connectivity index (χ1v) is 4.91. The van der Waals surface area contributed by atoms with Crippen molar-refractivity contribution in [3.05, 3.63) is 32.4 Å². The Morgan fingerprint density at radius 2 is 2.33 bits per heavy atom. The second-order valence-electron chi connectivity index (χ2n) is 2.04. The Hall–Kier alpha value is -0.490. The van der Waals surface area contributed by atoms with E-state index in [1.54, 1.807) is 6.07 Å². The fraction of sp³-hybridized carbons (Fsp3) is 0.167. The molecule has 12 heavy (non-hydrogen) atoms. The predicted octanol–water partition coefficient (Wildman–Crippen LogP) is 2.65. The van der Waals surface area contributed by atoms with Crippen LogP contribution < -0.4 is 0 Å². The van der Waals surface area contributed by atoms with E-state index in [2.05, 4.69) is 36.8 Å². The standard InChI is InChI=1S/C6H4Br2N2O2/c7-2-4-1-5(8)6(9-3-4)10(11)12/h1,3H,2H2. The Morgan fingerprint density at radius 3 is 2.75 bits per heavy atom. The molecule has 0 spiro atoms. The summed E-state index contributed by atoms with van der Waals surface area (Å²) in [6, 6.07) is 1.67. The van der Waals surface area contributed by atoms with E-state index in [9.17, 15) is 10.1 Å². The van der Waals surface area contributed by atoms with Crippen LogP contribution in [0.1, 0.15) is 5.56 Å². The van der Waals surface area contributed by atoms with Crippen molar-refractivity contribution in [2.24, 2.45) is 0 Å². The highest BCUT2D eigenvalue weighted by atomic mass is 79.9. The zero-order chi connectivity index (χ0) is 9.14. The third kappa shape index (κ3) is 2.01. The van der Waals surface area contributed by atoms with E-state index >= 15 is 0 Å². The Labute approximate surface area is 85.4 Å². The number of alkyl halides is 1.